The van der Waals surface area contributed by atoms with Gasteiger partial charge in [-0.1, -0.05) is 0 Å². The summed E-state index contributed by atoms with van der Waals surface area (Å²) < 4.78 is 54.4. The summed E-state index contributed by atoms with van der Waals surface area (Å²) in [6.45, 7) is 0. The van der Waals surface area contributed by atoms with Gasteiger partial charge in [-0.15, -0.1) is 0 Å². The minimum atomic E-state index is -4.29. The van der Waals surface area contributed by atoms with E-state index in [4.69, 9.17) is 4.55 Å². The molecule has 6 nitrogen and oxygen atoms in total. The van der Waals surface area contributed by atoms with Crippen LogP contribution in [0.3, 0.4) is 0 Å². The lowest BCUT2D eigenvalue weighted by molar-refractivity contribution is 0.482. The molecule has 0 saturated carbocycles. The third-order valence-corrected chi connectivity index (χ3v) is 4.60. The van der Waals surface area contributed by atoms with Crippen molar-refractivity contribution in [2.24, 2.45) is 0 Å². The second-order valence-corrected chi connectivity index (χ2v) is 6.81. The second-order valence-electron chi connectivity index (χ2n) is 3.23. The molecule has 0 spiro atoms. The molecule has 0 bridgehead atoms. The Hall–Kier alpha value is -0.960. The van der Waals surface area contributed by atoms with E-state index in [0.717, 1.165) is 28.6 Å². The maximum absolute atomic E-state index is 11.6. The molecule has 0 aromatic heterocycles. The largest absolute Gasteiger partial charge is 0.294 e. The van der Waals surface area contributed by atoms with Gasteiger partial charge in [-0.2, -0.15) is 8.42 Å². The Kier molecular flexibility index (Phi) is 3.38. The number of hydrogen-bond donors (Lipinski definition) is 1. The molecular formula is C8H11NO5S2. The summed E-state index contributed by atoms with van der Waals surface area (Å²) >= 11 is 0. The maximum Gasteiger partial charge on any atom is 0.294 e. The highest BCUT2D eigenvalue weighted by molar-refractivity contribution is 7.89. The Balaban J connectivity index is 3.25. The molecule has 0 amide bonds. The fraction of sp³-hybridized carbons (Fsp3) is 0.250. The van der Waals surface area contributed by atoms with Crippen molar-refractivity contribution in [3.05, 3.63) is 24.3 Å². The van der Waals surface area contributed by atoms with Crippen molar-refractivity contribution in [3.63, 3.8) is 0 Å². The summed E-state index contributed by atoms with van der Waals surface area (Å²) in [5, 5.41) is 0. The molecule has 1 rings (SSSR count). The Morgan fingerprint density at radius 2 is 1.31 bits per heavy atom. The molecule has 0 heterocycles. The smallest absolute Gasteiger partial charge is 0.282 e. The van der Waals surface area contributed by atoms with Gasteiger partial charge in [0.15, 0.2) is 0 Å². The van der Waals surface area contributed by atoms with Crippen LogP contribution in [0.1, 0.15) is 0 Å². The average Bonchev–Trinajstić information content (AvgIpc) is 2.16. The molecule has 1 N–H and O–H groups in total. The van der Waals surface area contributed by atoms with Crippen LogP contribution in [0.25, 0.3) is 0 Å². The van der Waals surface area contributed by atoms with Gasteiger partial charge >= 0.3 is 0 Å². The van der Waals surface area contributed by atoms with Gasteiger partial charge in [-0.3, -0.25) is 4.55 Å². The standard InChI is InChI=1S/C8H11NO5S2/c1-9(2)15(10,11)7-3-5-8(6-4-7)16(12,13)14/h3-6H,1-2H3,(H,12,13,14). The van der Waals surface area contributed by atoms with Crippen LogP contribution in [0.2, 0.25) is 0 Å². The third kappa shape index (κ3) is 2.59. The van der Waals surface area contributed by atoms with E-state index in [2.05, 4.69) is 0 Å². The quantitative estimate of drug-likeness (QED) is 0.787. The highest BCUT2D eigenvalue weighted by atomic mass is 32.2. The number of rotatable bonds is 3. The summed E-state index contributed by atoms with van der Waals surface area (Å²) in [6.07, 6.45) is 0. The van der Waals surface area contributed by atoms with Crippen molar-refractivity contribution in [3.8, 4) is 0 Å². The van der Waals surface area contributed by atoms with Gasteiger partial charge in [-0.05, 0) is 24.3 Å². The lowest BCUT2D eigenvalue weighted by Crippen LogP contribution is -2.22. The fourth-order valence-electron chi connectivity index (χ4n) is 0.994. The van der Waals surface area contributed by atoms with E-state index in [-0.39, 0.29) is 9.79 Å². The van der Waals surface area contributed by atoms with Gasteiger partial charge in [0.05, 0.1) is 9.79 Å². The molecule has 90 valence electrons. The van der Waals surface area contributed by atoms with Crippen LogP contribution in [-0.2, 0) is 20.1 Å². The van der Waals surface area contributed by atoms with E-state index in [1.165, 1.54) is 14.1 Å². The molecule has 0 aliphatic carbocycles. The predicted molar refractivity (Wildman–Crippen MR) is 57.1 cm³/mol. The van der Waals surface area contributed by atoms with Crippen molar-refractivity contribution in [2.45, 2.75) is 9.79 Å². The van der Waals surface area contributed by atoms with Gasteiger partial charge in [-0.25, -0.2) is 12.7 Å². The van der Waals surface area contributed by atoms with Crippen LogP contribution < -0.4 is 0 Å². The molecule has 16 heavy (non-hydrogen) atoms. The van der Waals surface area contributed by atoms with Crippen LogP contribution in [0.15, 0.2) is 34.1 Å². The maximum atomic E-state index is 11.6. The Labute approximate surface area is 94.3 Å². The highest BCUT2D eigenvalue weighted by Gasteiger charge is 2.18. The van der Waals surface area contributed by atoms with Crippen LogP contribution in [0.4, 0.5) is 0 Å². The van der Waals surface area contributed by atoms with Crippen LogP contribution >= 0.6 is 0 Å². The minimum absolute atomic E-state index is 0.0371. The summed E-state index contributed by atoms with van der Waals surface area (Å²) in [4.78, 5) is -0.380. The summed E-state index contributed by atoms with van der Waals surface area (Å²) in [7, 11) is -5.14. The van der Waals surface area contributed by atoms with Gasteiger partial charge < -0.3 is 0 Å². The van der Waals surface area contributed by atoms with Crippen molar-refractivity contribution >= 4 is 20.1 Å². The SMILES string of the molecule is CN(C)S(=O)(=O)c1ccc(S(=O)(=O)O)cc1. The molecule has 0 atom stereocenters. The number of sulfonamides is 1. The molecule has 8 heteroatoms. The van der Waals surface area contributed by atoms with E-state index >= 15 is 0 Å². The van der Waals surface area contributed by atoms with E-state index in [0.29, 0.717) is 0 Å². The summed E-state index contributed by atoms with van der Waals surface area (Å²) in [5.74, 6) is 0. The highest BCUT2D eigenvalue weighted by Crippen LogP contribution is 2.16. The van der Waals surface area contributed by atoms with Crippen molar-refractivity contribution in [1.29, 1.82) is 0 Å². The van der Waals surface area contributed by atoms with Crippen molar-refractivity contribution in [1.82, 2.24) is 4.31 Å². The lowest BCUT2D eigenvalue weighted by Gasteiger charge is -2.11. The number of nitrogens with zero attached hydrogens (tertiary/aromatic N) is 1. The van der Waals surface area contributed by atoms with E-state index < -0.39 is 20.1 Å². The molecule has 0 radical (unpaired) electrons. The molecule has 0 aliphatic heterocycles. The lowest BCUT2D eigenvalue weighted by atomic mass is 10.4. The van der Waals surface area contributed by atoms with Crippen molar-refractivity contribution < 1.29 is 21.4 Å². The first kappa shape index (κ1) is 13.1. The fourth-order valence-corrected chi connectivity index (χ4v) is 2.38. The van der Waals surface area contributed by atoms with Gasteiger partial charge in [0, 0.05) is 14.1 Å². The van der Waals surface area contributed by atoms with Gasteiger partial charge in [0.1, 0.15) is 0 Å². The zero-order valence-corrected chi connectivity index (χ0v) is 10.3. The second kappa shape index (κ2) is 4.13. The summed E-state index contributed by atoms with van der Waals surface area (Å²) in [6, 6.07) is 4.31. The van der Waals surface area contributed by atoms with E-state index in [1.54, 1.807) is 0 Å². The molecule has 0 unspecified atom stereocenters. The molecule has 1 aromatic carbocycles. The number of benzene rings is 1. The topological polar surface area (TPSA) is 91.8 Å². The van der Waals surface area contributed by atoms with Crippen LogP contribution in [0, 0.1) is 0 Å². The van der Waals surface area contributed by atoms with Crippen LogP contribution in [-0.4, -0.2) is 39.8 Å². The number of hydrogen-bond acceptors (Lipinski definition) is 4. The predicted octanol–water partition coefficient (Wildman–Crippen LogP) is 0.184. The first-order valence-electron chi connectivity index (χ1n) is 4.16. The minimum Gasteiger partial charge on any atom is -0.282 e. The first-order valence-corrected chi connectivity index (χ1v) is 7.04. The molecule has 0 fully saturated rings. The molecule has 1 aromatic rings. The van der Waals surface area contributed by atoms with Gasteiger partial charge in [0.2, 0.25) is 10.0 Å². The Morgan fingerprint density at radius 1 is 0.938 bits per heavy atom. The molecule has 0 aliphatic rings. The molecule has 0 saturated heterocycles. The molecular weight excluding hydrogens is 254 g/mol. The van der Waals surface area contributed by atoms with Crippen LogP contribution in [0.5, 0.6) is 0 Å². The van der Waals surface area contributed by atoms with E-state index in [1.807, 2.05) is 0 Å². The van der Waals surface area contributed by atoms with E-state index in [9.17, 15) is 16.8 Å². The van der Waals surface area contributed by atoms with Gasteiger partial charge in [0.25, 0.3) is 10.1 Å². The zero-order valence-electron chi connectivity index (χ0n) is 8.65. The van der Waals surface area contributed by atoms with Crippen molar-refractivity contribution in [2.75, 3.05) is 14.1 Å². The summed E-state index contributed by atoms with van der Waals surface area (Å²) in [5.41, 5.74) is 0. The Morgan fingerprint density at radius 3 is 1.62 bits per heavy atom. The Bertz CT molecular complexity index is 571. The normalized spacial score (nSPS) is 13.0. The average molecular weight is 265 g/mol. The first-order chi connectivity index (χ1) is 7.15. The zero-order chi connectivity index (χ0) is 12.6. The third-order valence-electron chi connectivity index (χ3n) is 1.90. The monoisotopic (exact) mass is 265 g/mol.